The Hall–Kier alpha value is -1.68. The minimum Gasteiger partial charge on any atom is -0.326 e. The smallest absolute Gasteiger partial charge is 0.261 e. The van der Waals surface area contributed by atoms with Gasteiger partial charge in [-0.15, -0.1) is 0 Å². The molecule has 0 bridgehead atoms. The number of hydrogen-bond acceptors (Lipinski definition) is 3. The van der Waals surface area contributed by atoms with E-state index in [1.54, 1.807) is 10.9 Å². The predicted octanol–water partition coefficient (Wildman–Crippen LogP) is 1.13. The van der Waals surface area contributed by atoms with Crippen LogP contribution in [0.1, 0.15) is 12.8 Å². The standard InChI is InChI=1S/C13H15N3O/c14-11(9-5-6-9)7-16-8-15-12-4-2-1-3-10(12)13(16)17/h1-4,8-9,11H,5-7,14H2. The summed E-state index contributed by atoms with van der Waals surface area (Å²) in [7, 11) is 0. The van der Waals surface area contributed by atoms with E-state index in [1.807, 2.05) is 24.3 Å². The van der Waals surface area contributed by atoms with E-state index in [2.05, 4.69) is 4.98 Å². The molecule has 0 radical (unpaired) electrons. The Bertz CT molecular complexity index is 601. The van der Waals surface area contributed by atoms with Gasteiger partial charge >= 0.3 is 0 Å². The number of fused-ring (bicyclic) bond motifs is 1. The molecule has 3 rings (SSSR count). The maximum atomic E-state index is 12.2. The Kier molecular flexibility index (Phi) is 2.44. The van der Waals surface area contributed by atoms with Gasteiger partial charge in [-0.25, -0.2) is 4.98 Å². The maximum absolute atomic E-state index is 12.2. The van der Waals surface area contributed by atoms with Gasteiger partial charge in [0.1, 0.15) is 0 Å². The zero-order valence-corrected chi connectivity index (χ0v) is 9.54. The molecule has 1 atom stereocenters. The molecule has 0 saturated heterocycles. The molecule has 1 fully saturated rings. The number of benzene rings is 1. The quantitative estimate of drug-likeness (QED) is 0.858. The van der Waals surface area contributed by atoms with Crippen molar-refractivity contribution in [1.29, 1.82) is 0 Å². The Morgan fingerprint density at radius 1 is 1.41 bits per heavy atom. The summed E-state index contributed by atoms with van der Waals surface area (Å²) in [5.41, 5.74) is 6.79. The zero-order chi connectivity index (χ0) is 11.8. The lowest BCUT2D eigenvalue weighted by atomic mass is 10.2. The monoisotopic (exact) mass is 229 g/mol. The molecule has 0 spiro atoms. The highest BCUT2D eigenvalue weighted by atomic mass is 16.1. The van der Waals surface area contributed by atoms with Gasteiger partial charge < -0.3 is 5.73 Å². The Morgan fingerprint density at radius 3 is 2.94 bits per heavy atom. The summed E-state index contributed by atoms with van der Waals surface area (Å²) in [6.45, 7) is 0.571. The van der Waals surface area contributed by atoms with Crippen LogP contribution in [-0.4, -0.2) is 15.6 Å². The third kappa shape index (κ3) is 1.96. The highest BCUT2D eigenvalue weighted by Crippen LogP contribution is 2.31. The second kappa shape index (κ2) is 3.96. The average Bonchev–Trinajstić information content (AvgIpc) is 3.17. The molecular formula is C13H15N3O. The van der Waals surface area contributed by atoms with Crippen LogP contribution in [0.15, 0.2) is 35.4 Å². The fraction of sp³-hybridized carbons (Fsp3) is 0.385. The minimum atomic E-state index is 0.00620. The van der Waals surface area contributed by atoms with E-state index >= 15 is 0 Å². The summed E-state index contributed by atoms with van der Waals surface area (Å²) in [6.07, 6.45) is 3.99. The maximum Gasteiger partial charge on any atom is 0.261 e. The first kappa shape index (κ1) is 10.5. The van der Waals surface area contributed by atoms with E-state index in [0.29, 0.717) is 17.8 Å². The summed E-state index contributed by atoms with van der Waals surface area (Å²) in [6, 6.07) is 7.48. The van der Waals surface area contributed by atoms with Gasteiger partial charge in [0.25, 0.3) is 5.56 Å². The number of nitrogens with zero attached hydrogens (tertiary/aromatic N) is 2. The number of aromatic nitrogens is 2. The molecule has 1 aromatic heterocycles. The summed E-state index contributed by atoms with van der Waals surface area (Å²) in [5, 5.41) is 0.665. The van der Waals surface area contributed by atoms with Crippen molar-refractivity contribution in [1.82, 2.24) is 9.55 Å². The lowest BCUT2D eigenvalue weighted by Gasteiger charge is -2.12. The molecule has 1 aliphatic rings. The van der Waals surface area contributed by atoms with Crippen molar-refractivity contribution in [3.8, 4) is 0 Å². The second-order valence-electron chi connectivity index (χ2n) is 4.72. The van der Waals surface area contributed by atoms with E-state index in [4.69, 9.17) is 5.73 Å². The number of rotatable bonds is 3. The molecule has 1 heterocycles. The number of nitrogens with two attached hydrogens (primary N) is 1. The predicted molar refractivity (Wildman–Crippen MR) is 66.7 cm³/mol. The molecule has 1 saturated carbocycles. The first-order valence-electron chi connectivity index (χ1n) is 5.95. The molecule has 1 unspecified atom stereocenters. The van der Waals surface area contributed by atoms with Gasteiger partial charge in [0.15, 0.2) is 0 Å². The van der Waals surface area contributed by atoms with E-state index < -0.39 is 0 Å². The molecule has 4 heteroatoms. The fourth-order valence-electron chi connectivity index (χ4n) is 2.14. The van der Waals surface area contributed by atoms with Crippen LogP contribution in [0.5, 0.6) is 0 Å². The normalized spacial score (nSPS) is 17.2. The van der Waals surface area contributed by atoms with Crippen LogP contribution in [0.25, 0.3) is 10.9 Å². The van der Waals surface area contributed by atoms with Crippen LogP contribution in [-0.2, 0) is 6.54 Å². The van der Waals surface area contributed by atoms with Crippen molar-refractivity contribution in [3.05, 3.63) is 40.9 Å². The van der Waals surface area contributed by atoms with Crippen LogP contribution in [0.3, 0.4) is 0 Å². The van der Waals surface area contributed by atoms with Gasteiger partial charge in [-0.1, -0.05) is 12.1 Å². The molecule has 0 amide bonds. The van der Waals surface area contributed by atoms with Crippen molar-refractivity contribution in [2.24, 2.45) is 11.7 Å². The Morgan fingerprint density at radius 2 is 2.18 bits per heavy atom. The molecule has 17 heavy (non-hydrogen) atoms. The molecule has 2 N–H and O–H groups in total. The Balaban J connectivity index is 1.99. The van der Waals surface area contributed by atoms with Crippen molar-refractivity contribution < 1.29 is 0 Å². The number of hydrogen-bond donors (Lipinski definition) is 1. The first-order valence-corrected chi connectivity index (χ1v) is 5.95. The molecular weight excluding hydrogens is 214 g/mol. The first-order chi connectivity index (χ1) is 8.25. The molecule has 1 aliphatic carbocycles. The van der Waals surface area contributed by atoms with Crippen LogP contribution in [0.2, 0.25) is 0 Å². The van der Waals surface area contributed by atoms with E-state index in [0.717, 1.165) is 5.52 Å². The van der Waals surface area contributed by atoms with Crippen LogP contribution >= 0.6 is 0 Å². The third-order valence-electron chi connectivity index (χ3n) is 3.37. The molecule has 88 valence electrons. The fourth-order valence-corrected chi connectivity index (χ4v) is 2.14. The lowest BCUT2D eigenvalue weighted by molar-refractivity contribution is 0.491. The largest absolute Gasteiger partial charge is 0.326 e. The number of para-hydroxylation sites is 1. The van der Waals surface area contributed by atoms with Gasteiger partial charge in [-0.2, -0.15) is 0 Å². The van der Waals surface area contributed by atoms with E-state index in [1.165, 1.54) is 12.8 Å². The van der Waals surface area contributed by atoms with Crippen molar-refractivity contribution in [2.75, 3.05) is 0 Å². The van der Waals surface area contributed by atoms with Crippen molar-refractivity contribution in [2.45, 2.75) is 25.4 Å². The zero-order valence-electron chi connectivity index (χ0n) is 9.54. The van der Waals surface area contributed by atoms with Gasteiger partial charge in [-0.3, -0.25) is 9.36 Å². The van der Waals surface area contributed by atoms with Crippen molar-refractivity contribution in [3.63, 3.8) is 0 Å². The van der Waals surface area contributed by atoms with Crippen LogP contribution in [0.4, 0.5) is 0 Å². The molecule has 0 aliphatic heterocycles. The molecule has 2 aromatic rings. The molecule has 4 nitrogen and oxygen atoms in total. The van der Waals surface area contributed by atoms with E-state index in [9.17, 15) is 4.79 Å². The topological polar surface area (TPSA) is 60.9 Å². The SMILES string of the molecule is NC(Cn1cnc2ccccc2c1=O)C1CC1. The van der Waals surface area contributed by atoms with Gasteiger partial charge in [-0.05, 0) is 30.9 Å². The summed E-state index contributed by atoms with van der Waals surface area (Å²) < 4.78 is 1.63. The highest BCUT2D eigenvalue weighted by Gasteiger charge is 2.28. The summed E-state index contributed by atoms with van der Waals surface area (Å²) in [4.78, 5) is 16.5. The molecule has 1 aromatic carbocycles. The average molecular weight is 229 g/mol. The van der Waals surface area contributed by atoms with Gasteiger partial charge in [0.05, 0.1) is 17.2 Å². The minimum absolute atomic E-state index is 0.00620. The Labute approximate surface area is 99.1 Å². The summed E-state index contributed by atoms with van der Waals surface area (Å²) in [5.74, 6) is 0.591. The van der Waals surface area contributed by atoms with Gasteiger partial charge in [0, 0.05) is 12.6 Å². The highest BCUT2D eigenvalue weighted by molar-refractivity contribution is 5.76. The lowest BCUT2D eigenvalue weighted by Crippen LogP contribution is -2.33. The summed E-state index contributed by atoms with van der Waals surface area (Å²) >= 11 is 0. The van der Waals surface area contributed by atoms with Gasteiger partial charge in [0.2, 0.25) is 0 Å². The van der Waals surface area contributed by atoms with E-state index in [-0.39, 0.29) is 11.6 Å². The van der Waals surface area contributed by atoms with Crippen LogP contribution < -0.4 is 11.3 Å². The second-order valence-corrected chi connectivity index (χ2v) is 4.72. The third-order valence-corrected chi connectivity index (χ3v) is 3.37. The van der Waals surface area contributed by atoms with Crippen LogP contribution in [0, 0.1) is 5.92 Å². The van der Waals surface area contributed by atoms with Crippen molar-refractivity contribution >= 4 is 10.9 Å².